The van der Waals surface area contributed by atoms with Gasteiger partial charge in [-0.2, -0.15) is 0 Å². The zero-order valence-electron chi connectivity index (χ0n) is 14.0. The number of carbonyl (C=O) groups excluding carboxylic acids is 2. The lowest BCUT2D eigenvalue weighted by molar-refractivity contribution is -0.147. The SMILES string of the molecule is O=C(NC1CC1)C(=O)N1CCN([C@@H]2CCCc3ccccc32)CC1. The number of hydrogen-bond donors (Lipinski definition) is 1. The molecule has 24 heavy (non-hydrogen) atoms. The highest BCUT2D eigenvalue weighted by atomic mass is 16.2. The molecule has 2 amide bonds. The van der Waals surface area contributed by atoms with Crippen molar-refractivity contribution in [1.82, 2.24) is 15.1 Å². The molecule has 2 fully saturated rings. The van der Waals surface area contributed by atoms with Gasteiger partial charge in [0.25, 0.3) is 0 Å². The van der Waals surface area contributed by atoms with Crippen LogP contribution in [0.1, 0.15) is 42.9 Å². The van der Waals surface area contributed by atoms with Gasteiger partial charge in [-0.1, -0.05) is 24.3 Å². The number of nitrogens with zero attached hydrogens (tertiary/aromatic N) is 2. The number of benzene rings is 1. The van der Waals surface area contributed by atoms with Crippen LogP contribution in [-0.2, 0) is 16.0 Å². The number of carbonyl (C=O) groups is 2. The Labute approximate surface area is 143 Å². The number of nitrogens with one attached hydrogen (secondary N) is 1. The van der Waals surface area contributed by atoms with Crippen molar-refractivity contribution in [2.75, 3.05) is 26.2 Å². The molecule has 1 atom stereocenters. The van der Waals surface area contributed by atoms with Crippen LogP contribution in [-0.4, -0.2) is 53.8 Å². The smallest absolute Gasteiger partial charge is 0.311 e. The Morgan fingerprint density at radius 1 is 1.00 bits per heavy atom. The summed E-state index contributed by atoms with van der Waals surface area (Å²) in [6, 6.07) is 9.44. The molecule has 0 aromatic heterocycles. The fourth-order valence-corrected chi connectivity index (χ4v) is 3.96. The van der Waals surface area contributed by atoms with Crippen molar-refractivity contribution in [3.05, 3.63) is 35.4 Å². The van der Waals surface area contributed by atoms with E-state index in [0.717, 1.165) is 25.9 Å². The van der Waals surface area contributed by atoms with E-state index in [0.29, 0.717) is 19.1 Å². The summed E-state index contributed by atoms with van der Waals surface area (Å²) in [7, 11) is 0. The number of hydrogen-bond acceptors (Lipinski definition) is 3. The Morgan fingerprint density at radius 2 is 1.75 bits per heavy atom. The fraction of sp³-hybridized carbons (Fsp3) is 0.579. The Balaban J connectivity index is 1.36. The number of fused-ring (bicyclic) bond motifs is 1. The van der Waals surface area contributed by atoms with Crippen LogP contribution in [0.3, 0.4) is 0 Å². The minimum Gasteiger partial charge on any atom is -0.345 e. The van der Waals surface area contributed by atoms with Crippen molar-refractivity contribution in [3.8, 4) is 0 Å². The normalized spacial score (nSPS) is 24.3. The van der Waals surface area contributed by atoms with E-state index in [9.17, 15) is 9.59 Å². The molecule has 1 heterocycles. The fourth-order valence-electron chi connectivity index (χ4n) is 3.96. The highest BCUT2D eigenvalue weighted by Gasteiger charge is 2.33. The van der Waals surface area contributed by atoms with E-state index in [1.54, 1.807) is 4.90 Å². The maximum absolute atomic E-state index is 12.2. The van der Waals surface area contributed by atoms with E-state index in [1.807, 2.05) is 0 Å². The van der Waals surface area contributed by atoms with Crippen LogP contribution in [0.2, 0.25) is 0 Å². The van der Waals surface area contributed by atoms with Crippen LogP contribution < -0.4 is 5.32 Å². The summed E-state index contributed by atoms with van der Waals surface area (Å²) in [4.78, 5) is 28.4. The van der Waals surface area contributed by atoms with Gasteiger partial charge >= 0.3 is 11.8 Å². The van der Waals surface area contributed by atoms with Crippen LogP contribution >= 0.6 is 0 Å². The summed E-state index contributed by atoms with van der Waals surface area (Å²) in [5, 5.41) is 2.79. The average molecular weight is 327 g/mol. The molecule has 4 rings (SSSR count). The highest BCUT2D eigenvalue weighted by Crippen LogP contribution is 2.34. The molecule has 1 aromatic carbocycles. The standard InChI is InChI=1S/C19H25N3O2/c23-18(20-15-8-9-15)19(24)22-12-10-21(11-13-22)17-7-3-5-14-4-1-2-6-16(14)17/h1-2,4,6,15,17H,3,5,7-13H2,(H,20,23)/t17-/m1/s1. The molecule has 3 aliphatic rings. The van der Waals surface area contributed by atoms with Gasteiger partial charge < -0.3 is 10.2 Å². The van der Waals surface area contributed by atoms with Gasteiger partial charge in [-0.15, -0.1) is 0 Å². The average Bonchev–Trinajstić information content (AvgIpc) is 3.45. The van der Waals surface area contributed by atoms with E-state index in [2.05, 4.69) is 34.5 Å². The lowest BCUT2D eigenvalue weighted by Gasteiger charge is -2.41. The molecule has 1 N–H and O–H groups in total. The van der Waals surface area contributed by atoms with E-state index < -0.39 is 5.91 Å². The number of piperazine rings is 1. The minimum absolute atomic E-state index is 0.237. The van der Waals surface area contributed by atoms with Crippen molar-refractivity contribution < 1.29 is 9.59 Å². The van der Waals surface area contributed by atoms with Gasteiger partial charge in [-0.25, -0.2) is 0 Å². The van der Waals surface area contributed by atoms with Crippen molar-refractivity contribution in [2.45, 2.75) is 44.2 Å². The monoisotopic (exact) mass is 327 g/mol. The summed E-state index contributed by atoms with van der Waals surface area (Å²) < 4.78 is 0. The third-order valence-corrected chi connectivity index (χ3v) is 5.49. The Hall–Kier alpha value is -1.88. The summed E-state index contributed by atoms with van der Waals surface area (Å²) in [5.41, 5.74) is 2.92. The van der Waals surface area contributed by atoms with E-state index in [1.165, 1.54) is 30.4 Å². The van der Waals surface area contributed by atoms with E-state index >= 15 is 0 Å². The molecule has 0 bridgehead atoms. The summed E-state index contributed by atoms with van der Waals surface area (Å²) in [5.74, 6) is -0.778. The van der Waals surface area contributed by atoms with Crippen LogP contribution in [0, 0.1) is 0 Å². The summed E-state index contributed by atoms with van der Waals surface area (Å²) in [6.07, 6.45) is 5.60. The maximum atomic E-state index is 12.2. The second-order valence-corrected chi connectivity index (χ2v) is 7.18. The third kappa shape index (κ3) is 3.18. The van der Waals surface area contributed by atoms with Gasteiger partial charge in [0.15, 0.2) is 0 Å². The first-order valence-electron chi connectivity index (χ1n) is 9.14. The van der Waals surface area contributed by atoms with Crippen LogP contribution in [0.15, 0.2) is 24.3 Å². The topological polar surface area (TPSA) is 52.7 Å². The number of amides is 2. The van der Waals surface area contributed by atoms with E-state index in [-0.39, 0.29) is 11.9 Å². The maximum Gasteiger partial charge on any atom is 0.311 e. The predicted octanol–water partition coefficient (Wildman–Crippen LogP) is 1.49. The molecule has 0 radical (unpaired) electrons. The first-order valence-corrected chi connectivity index (χ1v) is 9.14. The molecule has 128 valence electrons. The summed E-state index contributed by atoms with van der Waals surface area (Å²) >= 11 is 0. The predicted molar refractivity (Wildman–Crippen MR) is 91.4 cm³/mol. The molecule has 0 spiro atoms. The Morgan fingerprint density at radius 3 is 2.50 bits per heavy atom. The Bertz CT molecular complexity index is 633. The van der Waals surface area contributed by atoms with Gasteiger partial charge in [0.05, 0.1) is 0 Å². The lowest BCUT2D eigenvalue weighted by Crippen LogP contribution is -2.53. The number of aryl methyl sites for hydroxylation is 1. The van der Waals surface area contributed by atoms with Gasteiger partial charge in [-0.3, -0.25) is 14.5 Å². The van der Waals surface area contributed by atoms with Gasteiger partial charge in [0, 0.05) is 38.3 Å². The molecule has 0 unspecified atom stereocenters. The van der Waals surface area contributed by atoms with Crippen molar-refractivity contribution >= 4 is 11.8 Å². The van der Waals surface area contributed by atoms with Crippen LogP contribution in [0.4, 0.5) is 0 Å². The van der Waals surface area contributed by atoms with Crippen LogP contribution in [0.25, 0.3) is 0 Å². The third-order valence-electron chi connectivity index (χ3n) is 5.49. The van der Waals surface area contributed by atoms with Crippen LogP contribution in [0.5, 0.6) is 0 Å². The number of rotatable bonds is 2. The van der Waals surface area contributed by atoms with E-state index in [4.69, 9.17) is 0 Å². The highest BCUT2D eigenvalue weighted by molar-refractivity contribution is 6.35. The zero-order valence-corrected chi connectivity index (χ0v) is 14.0. The molecule has 1 saturated heterocycles. The van der Waals surface area contributed by atoms with Crippen molar-refractivity contribution in [2.24, 2.45) is 0 Å². The molecule has 1 aliphatic heterocycles. The quantitative estimate of drug-likeness (QED) is 0.837. The molecule has 1 saturated carbocycles. The molecular weight excluding hydrogens is 302 g/mol. The van der Waals surface area contributed by atoms with Gasteiger partial charge in [0.1, 0.15) is 0 Å². The first kappa shape index (κ1) is 15.6. The Kier molecular flexibility index (Phi) is 4.27. The molecule has 5 nitrogen and oxygen atoms in total. The lowest BCUT2D eigenvalue weighted by atomic mass is 9.86. The minimum atomic E-state index is -0.422. The van der Waals surface area contributed by atoms with Crippen molar-refractivity contribution in [3.63, 3.8) is 0 Å². The summed E-state index contributed by atoms with van der Waals surface area (Å²) in [6.45, 7) is 2.99. The molecule has 5 heteroatoms. The molecule has 1 aromatic rings. The van der Waals surface area contributed by atoms with Crippen molar-refractivity contribution in [1.29, 1.82) is 0 Å². The first-order chi connectivity index (χ1) is 11.7. The largest absolute Gasteiger partial charge is 0.345 e. The molecule has 2 aliphatic carbocycles. The second-order valence-electron chi connectivity index (χ2n) is 7.18. The second kappa shape index (κ2) is 6.55. The zero-order chi connectivity index (χ0) is 16.5. The van der Waals surface area contributed by atoms with Gasteiger partial charge in [0.2, 0.25) is 0 Å². The van der Waals surface area contributed by atoms with Gasteiger partial charge in [-0.05, 0) is 43.2 Å². The molecular formula is C19H25N3O2.